The Morgan fingerprint density at radius 1 is 1.12 bits per heavy atom. The molecule has 2 aromatic carbocycles. The summed E-state index contributed by atoms with van der Waals surface area (Å²) in [5.74, 6) is -0.305. The zero-order valence-corrected chi connectivity index (χ0v) is 16.2. The van der Waals surface area contributed by atoms with Crippen LogP contribution in [0.4, 0.5) is 5.69 Å². The van der Waals surface area contributed by atoms with Gasteiger partial charge in [-0.2, -0.15) is 0 Å². The molecule has 0 heterocycles. The van der Waals surface area contributed by atoms with E-state index in [-0.39, 0.29) is 10.8 Å². The molecule has 0 bridgehead atoms. The normalized spacial score (nSPS) is 11.2. The number of carbonyl (C=O) groups excluding carboxylic acids is 1. The molecule has 0 aliphatic carbocycles. The monoisotopic (exact) mass is 395 g/mol. The van der Waals surface area contributed by atoms with Crippen LogP contribution in [0.15, 0.2) is 47.4 Å². The Labute approximate surface area is 159 Å². The van der Waals surface area contributed by atoms with Crippen molar-refractivity contribution in [2.45, 2.75) is 18.2 Å². The predicted octanol–water partition coefficient (Wildman–Crippen LogP) is 2.79. The second-order valence-electron chi connectivity index (χ2n) is 5.81. The first kappa shape index (κ1) is 20.2. The average Bonchev–Trinajstić information content (AvgIpc) is 2.58. The van der Waals surface area contributed by atoms with Gasteiger partial charge in [-0.15, -0.1) is 0 Å². The molecule has 140 valence electrons. The van der Waals surface area contributed by atoms with Crippen LogP contribution in [0, 0.1) is 6.92 Å². The molecule has 0 spiro atoms. The fraction of sp³-hybridized carbons (Fsp3) is 0.278. The van der Waals surface area contributed by atoms with Crippen LogP contribution < -0.4 is 15.4 Å². The van der Waals surface area contributed by atoms with Crippen LogP contribution in [0.3, 0.4) is 0 Å². The molecule has 0 aliphatic heterocycles. The van der Waals surface area contributed by atoms with Crippen LogP contribution >= 0.6 is 11.6 Å². The standard InChI is InChI=1S/C18H22ClN3O3S/c1-13-7-8-14(18(23)21-10-4-9-20-2)11-17(13)26(24,25)22-16-6-3-5-15(19)12-16/h3,5-8,11-12,20,22H,4,9-10H2,1-2H3,(H,21,23). The van der Waals surface area contributed by atoms with Crippen LogP contribution in [-0.2, 0) is 10.0 Å². The molecular formula is C18H22ClN3O3S. The lowest BCUT2D eigenvalue weighted by Gasteiger charge is -2.12. The van der Waals surface area contributed by atoms with Crippen LogP contribution in [0.25, 0.3) is 0 Å². The average molecular weight is 396 g/mol. The van der Waals surface area contributed by atoms with Crippen LogP contribution in [0.1, 0.15) is 22.3 Å². The number of anilines is 1. The second-order valence-corrected chi connectivity index (χ2v) is 7.90. The highest BCUT2D eigenvalue weighted by molar-refractivity contribution is 7.92. The zero-order valence-electron chi connectivity index (χ0n) is 14.7. The minimum atomic E-state index is -3.84. The quantitative estimate of drug-likeness (QED) is 0.600. The van der Waals surface area contributed by atoms with Gasteiger partial charge in [0, 0.05) is 17.1 Å². The van der Waals surface area contributed by atoms with Crippen LogP contribution in [0.5, 0.6) is 0 Å². The van der Waals surface area contributed by atoms with Gasteiger partial charge >= 0.3 is 0 Å². The zero-order chi connectivity index (χ0) is 19.2. The van der Waals surface area contributed by atoms with Crippen molar-refractivity contribution in [2.24, 2.45) is 0 Å². The smallest absolute Gasteiger partial charge is 0.262 e. The summed E-state index contributed by atoms with van der Waals surface area (Å²) < 4.78 is 27.9. The minimum absolute atomic E-state index is 0.0559. The summed E-state index contributed by atoms with van der Waals surface area (Å²) in [6, 6.07) is 11.1. The molecule has 0 atom stereocenters. The fourth-order valence-electron chi connectivity index (χ4n) is 2.36. The van der Waals surface area contributed by atoms with Gasteiger partial charge in [-0.1, -0.05) is 23.7 Å². The summed E-state index contributed by atoms with van der Waals surface area (Å²) in [7, 11) is -2.01. The summed E-state index contributed by atoms with van der Waals surface area (Å²) in [5, 5.41) is 6.20. The third-order valence-electron chi connectivity index (χ3n) is 3.71. The lowest BCUT2D eigenvalue weighted by atomic mass is 10.1. The molecule has 8 heteroatoms. The number of aryl methyl sites for hydroxylation is 1. The number of hydrogen-bond acceptors (Lipinski definition) is 4. The molecule has 0 fully saturated rings. The van der Waals surface area contributed by atoms with E-state index in [9.17, 15) is 13.2 Å². The van der Waals surface area contributed by atoms with E-state index in [1.54, 1.807) is 37.3 Å². The molecule has 3 N–H and O–H groups in total. The summed E-state index contributed by atoms with van der Waals surface area (Å²) in [5.41, 5.74) is 1.21. The number of hydrogen-bond donors (Lipinski definition) is 3. The molecule has 0 aliphatic rings. The minimum Gasteiger partial charge on any atom is -0.352 e. The van der Waals surface area contributed by atoms with Crippen LogP contribution in [-0.4, -0.2) is 34.5 Å². The van der Waals surface area contributed by atoms with E-state index in [0.717, 1.165) is 13.0 Å². The maximum Gasteiger partial charge on any atom is 0.262 e. The fourth-order valence-corrected chi connectivity index (χ4v) is 3.87. The van der Waals surface area contributed by atoms with Crippen molar-refractivity contribution >= 4 is 33.2 Å². The number of halogens is 1. The van der Waals surface area contributed by atoms with Gasteiger partial charge in [0.05, 0.1) is 10.6 Å². The van der Waals surface area contributed by atoms with Crippen molar-refractivity contribution in [3.63, 3.8) is 0 Å². The summed E-state index contributed by atoms with van der Waals surface area (Å²) >= 11 is 5.90. The van der Waals surface area contributed by atoms with Gasteiger partial charge in [0.15, 0.2) is 0 Å². The van der Waals surface area contributed by atoms with Crippen molar-refractivity contribution in [3.8, 4) is 0 Å². The van der Waals surface area contributed by atoms with Crippen LogP contribution in [0.2, 0.25) is 5.02 Å². The summed E-state index contributed by atoms with van der Waals surface area (Å²) in [6.07, 6.45) is 0.787. The number of rotatable bonds is 8. The first-order valence-corrected chi connectivity index (χ1v) is 10.0. The van der Waals surface area contributed by atoms with E-state index in [1.165, 1.54) is 12.1 Å². The first-order valence-electron chi connectivity index (χ1n) is 8.15. The largest absolute Gasteiger partial charge is 0.352 e. The van der Waals surface area contributed by atoms with Crippen molar-refractivity contribution in [1.29, 1.82) is 0 Å². The first-order chi connectivity index (χ1) is 12.3. The molecule has 0 saturated carbocycles. The maximum atomic E-state index is 12.7. The summed E-state index contributed by atoms with van der Waals surface area (Å²) in [4.78, 5) is 12.3. The summed E-state index contributed by atoms with van der Waals surface area (Å²) in [6.45, 7) is 2.98. The number of benzene rings is 2. The van der Waals surface area contributed by atoms with Crippen molar-refractivity contribution < 1.29 is 13.2 Å². The molecule has 26 heavy (non-hydrogen) atoms. The molecule has 2 rings (SSSR count). The maximum absolute atomic E-state index is 12.7. The molecule has 2 aromatic rings. The third-order valence-corrected chi connectivity index (χ3v) is 5.46. The Kier molecular flexibility index (Phi) is 7.02. The van der Waals surface area contributed by atoms with Gasteiger partial charge in [0.1, 0.15) is 0 Å². The Balaban J connectivity index is 2.21. The van der Waals surface area contributed by atoms with E-state index in [1.807, 2.05) is 7.05 Å². The van der Waals surface area contributed by atoms with Gasteiger partial charge in [0.25, 0.3) is 15.9 Å². The number of carbonyl (C=O) groups is 1. The number of amides is 1. The topological polar surface area (TPSA) is 87.3 Å². The molecule has 6 nitrogen and oxygen atoms in total. The lowest BCUT2D eigenvalue weighted by molar-refractivity contribution is 0.0953. The SMILES string of the molecule is CNCCCNC(=O)c1ccc(C)c(S(=O)(=O)Nc2cccc(Cl)c2)c1. The van der Waals surface area contributed by atoms with Gasteiger partial charge in [-0.05, 0) is 62.8 Å². The van der Waals surface area contributed by atoms with E-state index in [0.29, 0.717) is 28.4 Å². The van der Waals surface area contributed by atoms with E-state index >= 15 is 0 Å². The highest BCUT2D eigenvalue weighted by atomic mass is 35.5. The highest BCUT2D eigenvalue weighted by Gasteiger charge is 2.19. The van der Waals surface area contributed by atoms with Gasteiger partial charge in [-0.25, -0.2) is 8.42 Å². The van der Waals surface area contributed by atoms with Gasteiger partial charge in [-0.3, -0.25) is 9.52 Å². The third kappa shape index (κ3) is 5.45. The molecule has 0 radical (unpaired) electrons. The number of nitrogens with one attached hydrogen (secondary N) is 3. The molecule has 0 unspecified atom stereocenters. The number of sulfonamides is 1. The molecule has 1 amide bonds. The van der Waals surface area contributed by atoms with E-state index in [2.05, 4.69) is 15.4 Å². The Morgan fingerprint density at radius 2 is 1.88 bits per heavy atom. The van der Waals surface area contributed by atoms with Gasteiger partial charge < -0.3 is 10.6 Å². The van der Waals surface area contributed by atoms with E-state index in [4.69, 9.17) is 11.6 Å². The Bertz CT molecular complexity index is 885. The highest BCUT2D eigenvalue weighted by Crippen LogP contribution is 2.22. The molecular weight excluding hydrogens is 374 g/mol. The second kappa shape index (κ2) is 9.02. The molecule has 0 saturated heterocycles. The molecule has 0 aromatic heterocycles. The Hall–Kier alpha value is -2.09. The van der Waals surface area contributed by atoms with E-state index < -0.39 is 10.0 Å². The lowest BCUT2D eigenvalue weighted by Crippen LogP contribution is -2.27. The van der Waals surface area contributed by atoms with Crippen molar-refractivity contribution in [1.82, 2.24) is 10.6 Å². The Morgan fingerprint density at radius 3 is 2.58 bits per heavy atom. The van der Waals surface area contributed by atoms with Crippen molar-refractivity contribution in [3.05, 3.63) is 58.6 Å². The van der Waals surface area contributed by atoms with Crippen molar-refractivity contribution in [2.75, 3.05) is 24.9 Å². The predicted molar refractivity (Wildman–Crippen MR) is 104 cm³/mol. The van der Waals surface area contributed by atoms with Gasteiger partial charge in [0.2, 0.25) is 0 Å².